The minimum absolute atomic E-state index is 0.326. The van der Waals surface area contributed by atoms with Crippen molar-refractivity contribution >= 4 is 0 Å². The third-order valence-corrected chi connectivity index (χ3v) is 2.69. The zero-order valence-electron chi connectivity index (χ0n) is 9.04. The normalized spacial score (nSPS) is 34.2. The van der Waals surface area contributed by atoms with Crippen LogP contribution in [-0.4, -0.2) is 29.8 Å². The molecule has 88 valence electrons. The number of aliphatic hydroxyl groups is 1. The second-order valence-corrected chi connectivity index (χ2v) is 3.94. The lowest BCUT2D eigenvalue weighted by Crippen LogP contribution is -2.30. The van der Waals surface area contributed by atoms with Gasteiger partial charge in [0, 0.05) is 0 Å². The summed E-state index contributed by atoms with van der Waals surface area (Å²) in [7, 11) is 0. The molecular formula is C12H15FO3. The topological polar surface area (TPSA) is 38.7 Å². The number of halogens is 1. The monoisotopic (exact) mass is 226 g/mol. The van der Waals surface area contributed by atoms with Crippen molar-refractivity contribution in [1.29, 1.82) is 0 Å². The Bertz CT molecular complexity index is 330. The average molecular weight is 226 g/mol. The Morgan fingerprint density at radius 1 is 1.38 bits per heavy atom. The molecule has 0 saturated carbocycles. The number of ether oxygens (including phenoxy) is 2. The third-order valence-electron chi connectivity index (χ3n) is 2.69. The first-order valence-corrected chi connectivity index (χ1v) is 5.31. The van der Waals surface area contributed by atoms with E-state index in [-0.39, 0.29) is 0 Å². The van der Waals surface area contributed by atoms with Crippen LogP contribution in [0, 0.1) is 0 Å². The summed E-state index contributed by atoms with van der Waals surface area (Å²) in [6, 6.07) is 9.52. The van der Waals surface area contributed by atoms with Gasteiger partial charge in [0.05, 0.1) is 12.7 Å². The van der Waals surface area contributed by atoms with Gasteiger partial charge in [0.25, 0.3) is 0 Å². The summed E-state index contributed by atoms with van der Waals surface area (Å²) in [6.07, 6.45) is -3.96. The van der Waals surface area contributed by atoms with E-state index in [1.165, 1.54) is 0 Å². The molecule has 0 radical (unpaired) electrons. The molecule has 1 saturated heterocycles. The molecule has 1 N–H and O–H groups in total. The molecule has 0 aromatic heterocycles. The molecule has 1 fully saturated rings. The van der Waals surface area contributed by atoms with E-state index < -0.39 is 24.7 Å². The van der Waals surface area contributed by atoms with E-state index in [9.17, 15) is 4.39 Å². The summed E-state index contributed by atoms with van der Waals surface area (Å²) in [5.41, 5.74) is 0.975. The van der Waals surface area contributed by atoms with E-state index >= 15 is 0 Å². The van der Waals surface area contributed by atoms with Crippen molar-refractivity contribution in [2.45, 2.75) is 38.2 Å². The maximum absolute atomic E-state index is 13.4. The first-order chi connectivity index (χ1) is 7.68. The molecule has 16 heavy (non-hydrogen) atoms. The third kappa shape index (κ3) is 2.40. The molecule has 2 rings (SSSR count). The largest absolute Gasteiger partial charge is 0.368 e. The zero-order chi connectivity index (χ0) is 11.5. The molecule has 0 amide bonds. The number of benzene rings is 1. The summed E-state index contributed by atoms with van der Waals surface area (Å²) in [5, 5.41) is 9.16. The van der Waals surface area contributed by atoms with Crippen molar-refractivity contribution < 1.29 is 19.0 Å². The molecule has 1 aromatic carbocycles. The molecule has 4 unspecified atom stereocenters. The first kappa shape index (κ1) is 11.5. The fourth-order valence-electron chi connectivity index (χ4n) is 1.79. The van der Waals surface area contributed by atoms with E-state index in [1.54, 1.807) is 6.92 Å². The van der Waals surface area contributed by atoms with Crippen molar-refractivity contribution in [3.8, 4) is 0 Å². The van der Waals surface area contributed by atoms with Gasteiger partial charge in [-0.05, 0) is 12.5 Å². The smallest absolute Gasteiger partial charge is 0.189 e. The van der Waals surface area contributed by atoms with Crippen LogP contribution in [0.4, 0.5) is 4.39 Å². The second-order valence-electron chi connectivity index (χ2n) is 3.94. The number of rotatable bonds is 3. The van der Waals surface area contributed by atoms with Gasteiger partial charge in [0.2, 0.25) is 0 Å². The molecule has 0 aliphatic carbocycles. The van der Waals surface area contributed by atoms with Gasteiger partial charge in [-0.15, -0.1) is 0 Å². The Labute approximate surface area is 93.8 Å². The predicted molar refractivity (Wildman–Crippen MR) is 56.5 cm³/mol. The minimum atomic E-state index is -1.47. The van der Waals surface area contributed by atoms with Crippen LogP contribution in [-0.2, 0) is 16.1 Å². The van der Waals surface area contributed by atoms with Gasteiger partial charge in [-0.2, -0.15) is 0 Å². The van der Waals surface area contributed by atoms with Crippen molar-refractivity contribution in [2.24, 2.45) is 0 Å². The average Bonchev–Trinajstić information content (AvgIpc) is 2.53. The number of aliphatic hydroxyl groups excluding tert-OH is 1. The predicted octanol–water partition coefficient (Wildman–Crippen LogP) is 1.65. The molecule has 0 spiro atoms. The molecule has 1 aromatic rings. The van der Waals surface area contributed by atoms with Crippen LogP contribution in [0.15, 0.2) is 30.3 Å². The van der Waals surface area contributed by atoms with Crippen LogP contribution < -0.4 is 0 Å². The highest BCUT2D eigenvalue weighted by Gasteiger charge is 2.42. The highest BCUT2D eigenvalue weighted by atomic mass is 19.1. The van der Waals surface area contributed by atoms with Gasteiger partial charge >= 0.3 is 0 Å². The van der Waals surface area contributed by atoms with Crippen molar-refractivity contribution in [1.82, 2.24) is 0 Å². The maximum Gasteiger partial charge on any atom is 0.189 e. The highest BCUT2D eigenvalue weighted by Crippen LogP contribution is 2.25. The fraction of sp³-hybridized carbons (Fsp3) is 0.500. The fourth-order valence-corrected chi connectivity index (χ4v) is 1.79. The summed E-state index contributed by atoms with van der Waals surface area (Å²) in [5.74, 6) is 0. The Morgan fingerprint density at radius 3 is 2.62 bits per heavy atom. The molecule has 1 heterocycles. The Hall–Kier alpha value is -0.970. The summed E-state index contributed by atoms with van der Waals surface area (Å²) in [6.45, 7) is 2.02. The molecule has 0 bridgehead atoms. The number of hydrogen-bond acceptors (Lipinski definition) is 3. The van der Waals surface area contributed by atoms with E-state index in [4.69, 9.17) is 14.6 Å². The van der Waals surface area contributed by atoms with Gasteiger partial charge < -0.3 is 14.6 Å². The van der Waals surface area contributed by atoms with Crippen LogP contribution in [0.25, 0.3) is 0 Å². The van der Waals surface area contributed by atoms with Gasteiger partial charge in [0.15, 0.2) is 12.5 Å². The van der Waals surface area contributed by atoms with Gasteiger partial charge in [0.1, 0.15) is 6.10 Å². The van der Waals surface area contributed by atoms with Gasteiger partial charge in [-0.3, -0.25) is 0 Å². The van der Waals surface area contributed by atoms with Crippen LogP contribution in [0.2, 0.25) is 0 Å². The van der Waals surface area contributed by atoms with E-state index in [2.05, 4.69) is 0 Å². The van der Waals surface area contributed by atoms with Crippen LogP contribution in [0.5, 0.6) is 0 Å². The van der Waals surface area contributed by atoms with Crippen molar-refractivity contribution in [2.75, 3.05) is 0 Å². The van der Waals surface area contributed by atoms with Crippen LogP contribution in [0.1, 0.15) is 12.5 Å². The van der Waals surface area contributed by atoms with Crippen LogP contribution in [0.3, 0.4) is 0 Å². The number of hydrogen-bond donors (Lipinski definition) is 1. The van der Waals surface area contributed by atoms with Crippen LogP contribution >= 0.6 is 0 Å². The standard InChI is InChI=1S/C12H15FO3/c1-8-11(10(13)12(14)16-8)15-7-9-5-3-2-4-6-9/h2-6,8,10-12,14H,7H2,1H3. The lowest BCUT2D eigenvalue weighted by atomic mass is 10.1. The lowest BCUT2D eigenvalue weighted by molar-refractivity contribution is -0.108. The SMILES string of the molecule is CC1OC(O)C(F)C1OCc1ccccc1. The maximum atomic E-state index is 13.4. The summed E-state index contributed by atoms with van der Waals surface area (Å²) < 4.78 is 23.8. The van der Waals surface area contributed by atoms with E-state index in [1.807, 2.05) is 30.3 Å². The molecular weight excluding hydrogens is 211 g/mol. The Morgan fingerprint density at radius 2 is 2.06 bits per heavy atom. The van der Waals surface area contributed by atoms with Gasteiger partial charge in [-0.25, -0.2) is 4.39 Å². The quantitative estimate of drug-likeness (QED) is 0.851. The molecule has 3 nitrogen and oxygen atoms in total. The molecule has 1 aliphatic rings. The molecule has 4 atom stereocenters. The number of alkyl halides is 1. The summed E-state index contributed by atoms with van der Waals surface area (Å²) in [4.78, 5) is 0. The molecule has 4 heteroatoms. The van der Waals surface area contributed by atoms with Crippen molar-refractivity contribution in [3.63, 3.8) is 0 Å². The first-order valence-electron chi connectivity index (χ1n) is 5.31. The Kier molecular flexibility index (Phi) is 3.53. The van der Waals surface area contributed by atoms with E-state index in [0.717, 1.165) is 5.56 Å². The Balaban J connectivity index is 1.91. The van der Waals surface area contributed by atoms with Gasteiger partial charge in [-0.1, -0.05) is 30.3 Å². The summed E-state index contributed by atoms with van der Waals surface area (Å²) >= 11 is 0. The molecule has 1 aliphatic heterocycles. The zero-order valence-corrected chi connectivity index (χ0v) is 9.04. The lowest BCUT2D eigenvalue weighted by Gasteiger charge is -2.16. The second kappa shape index (κ2) is 4.91. The van der Waals surface area contributed by atoms with E-state index in [0.29, 0.717) is 6.61 Å². The highest BCUT2D eigenvalue weighted by molar-refractivity contribution is 5.13. The minimum Gasteiger partial charge on any atom is -0.368 e. The van der Waals surface area contributed by atoms with Crippen molar-refractivity contribution in [3.05, 3.63) is 35.9 Å².